The highest BCUT2D eigenvalue weighted by Gasteiger charge is 2.21. The third-order valence-corrected chi connectivity index (χ3v) is 6.03. The van der Waals surface area contributed by atoms with E-state index in [4.69, 9.17) is 14.2 Å². The second-order valence-electron chi connectivity index (χ2n) is 12.7. The van der Waals surface area contributed by atoms with Gasteiger partial charge >= 0.3 is 18.3 Å². The average Bonchev–Trinajstić information content (AvgIpc) is 2.93. The smallest absolute Gasteiger partial charge is 0.414 e. The summed E-state index contributed by atoms with van der Waals surface area (Å²) in [7, 11) is 3.47. The zero-order chi connectivity index (χ0) is 34.1. The van der Waals surface area contributed by atoms with Gasteiger partial charge in [-0.05, 0) is 87.2 Å². The maximum atomic E-state index is 12.5. The minimum absolute atomic E-state index is 0.331. The molecule has 0 saturated heterocycles. The Morgan fingerprint density at radius 3 is 1.76 bits per heavy atom. The van der Waals surface area contributed by atoms with Gasteiger partial charge in [-0.15, -0.1) is 0 Å². The van der Waals surface area contributed by atoms with Crippen molar-refractivity contribution >= 4 is 30.1 Å². The predicted molar refractivity (Wildman–Crippen MR) is 176 cm³/mol. The number of rotatable bonds is 20. The zero-order valence-electron chi connectivity index (χ0n) is 29.1. The van der Waals surface area contributed by atoms with Crippen molar-refractivity contribution in [1.82, 2.24) is 31.5 Å². The number of aliphatic imine (C=N–C) groups is 1. The molecule has 0 unspecified atom stereocenters. The normalized spacial score (nSPS) is 11.8. The number of hydrogen-bond donors (Lipinski definition) is 5. The average molecular weight is 644 g/mol. The third-order valence-electron chi connectivity index (χ3n) is 6.03. The molecule has 0 aliphatic carbocycles. The molecular weight excluding hydrogens is 582 g/mol. The maximum Gasteiger partial charge on any atom is 0.414 e. The lowest BCUT2D eigenvalue weighted by atomic mass is 10.1. The predicted octanol–water partition coefficient (Wildman–Crippen LogP) is 3.90. The molecule has 262 valence electrons. The summed E-state index contributed by atoms with van der Waals surface area (Å²) in [5.74, 6) is 0.0515. The fourth-order valence-electron chi connectivity index (χ4n) is 3.89. The molecule has 0 aromatic heterocycles. The van der Waals surface area contributed by atoms with Gasteiger partial charge in [0.05, 0.1) is 0 Å². The molecule has 4 amide bonds. The van der Waals surface area contributed by atoms with Gasteiger partial charge in [0.2, 0.25) is 5.96 Å². The molecule has 0 spiro atoms. The molecule has 0 aromatic carbocycles. The molecule has 0 rings (SSSR count). The van der Waals surface area contributed by atoms with Gasteiger partial charge in [0.15, 0.2) is 6.61 Å². The van der Waals surface area contributed by atoms with Crippen molar-refractivity contribution in [2.45, 2.75) is 111 Å². The summed E-state index contributed by atoms with van der Waals surface area (Å²) in [6, 6.07) is 0. The minimum Gasteiger partial charge on any atom is -0.444 e. The van der Waals surface area contributed by atoms with Crippen molar-refractivity contribution in [3.05, 3.63) is 0 Å². The molecule has 0 saturated carbocycles. The van der Waals surface area contributed by atoms with E-state index in [9.17, 15) is 19.2 Å². The topological polar surface area (TPSA) is 172 Å². The fraction of sp³-hybridized carbons (Fsp3) is 0.839. The fourth-order valence-corrected chi connectivity index (χ4v) is 3.89. The van der Waals surface area contributed by atoms with Crippen molar-refractivity contribution in [3.8, 4) is 0 Å². The van der Waals surface area contributed by atoms with Crippen LogP contribution in [0.3, 0.4) is 0 Å². The Bertz CT molecular complexity index is 886. The van der Waals surface area contributed by atoms with Crippen molar-refractivity contribution in [3.63, 3.8) is 0 Å². The van der Waals surface area contributed by atoms with Gasteiger partial charge in [0.1, 0.15) is 11.2 Å². The van der Waals surface area contributed by atoms with Crippen molar-refractivity contribution in [2.75, 3.05) is 60.0 Å². The summed E-state index contributed by atoms with van der Waals surface area (Å²) in [6.45, 7) is 14.1. The van der Waals surface area contributed by atoms with E-state index < -0.39 is 23.4 Å². The van der Waals surface area contributed by atoms with E-state index in [1.54, 1.807) is 32.7 Å². The summed E-state index contributed by atoms with van der Waals surface area (Å²) in [5, 5.41) is 14.2. The summed E-state index contributed by atoms with van der Waals surface area (Å²) in [4.78, 5) is 53.9. The Kier molecular flexibility index (Phi) is 22.3. The third kappa shape index (κ3) is 26.8. The first kappa shape index (κ1) is 41.7. The monoisotopic (exact) mass is 643 g/mol. The lowest BCUT2D eigenvalue weighted by Crippen LogP contribution is -2.43. The van der Waals surface area contributed by atoms with Crippen LogP contribution in [0.2, 0.25) is 0 Å². The van der Waals surface area contributed by atoms with E-state index in [1.165, 1.54) is 0 Å². The Hall–Kier alpha value is -3.29. The molecule has 0 aromatic rings. The summed E-state index contributed by atoms with van der Waals surface area (Å²) < 4.78 is 15.7. The molecule has 0 aliphatic rings. The first-order chi connectivity index (χ1) is 21.2. The first-order valence-corrected chi connectivity index (χ1v) is 16.2. The van der Waals surface area contributed by atoms with E-state index >= 15 is 0 Å². The van der Waals surface area contributed by atoms with Crippen LogP contribution in [0.15, 0.2) is 4.99 Å². The number of alkyl carbamates (subject to hydrolysis) is 2. The van der Waals surface area contributed by atoms with Crippen molar-refractivity contribution < 1.29 is 33.4 Å². The first-order valence-electron chi connectivity index (χ1n) is 16.2. The second-order valence-corrected chi connectivity index (χ2v) is 12.7. The van der Waals surface area contributed by atoms with Crippen molar-refractivity contribution in [2.24, 2.45) is 4.99 Å². The molecule has 14 nitrogen and oxygen atoms in total. The van der Waals surface area contributed by atoms with Gasteiger partial charge < -0.3 is 40.4 Å². The van der Waals surface area contributed by atoms with Gasteiger partial charge in [-0.3, -0.25) is 15.1 Å². The molecule has 0 atom stereocenters. The van der Waals surface area contributed by atoms with Crippen LogP contribution in [0, 0.1) is 0 Å². The number of guanidine groups is 1. The molecule has 0 fully saturated rings. The maximum absolute atomic E-state index is 12.5. The molecule has 5 N–H and O–H groups in total. The Morgan fingerprint density at radius 2 is 1.18 bits per heavy atom. The largest absolute Gasteiger partial charge is 0.444 e. The number of unbranched alkanes of at least 4 members (excludes halogenated alkanes) is 6. The molecular formula is C31H61N7O7. The van der Waals surface area contributed by atoms with Crippen LogP contribution in [-0.4, -0.2) is 106 Å². The molecule has 14 heteroatoms. The Morgan fingerprint density at radius 1 is 0.644 bits per heavy atom. The number of carbonyl (C=O) groups excluding carboxylic acids is 4. The van der Waals surface area contributed by atoms with E-state index in [0.29, 0.717) is 51.5 Å². The molecule has 45 heavy (non-hydrogen) atoms. The zero-order valence-corrected chi connectivity index (χ0v) is 29.1. The van der Waals surface area contributed by atoms with Crippen LogP contribution in [0.25, 0.3) is 0 Å². The highest BCUT2D eigenvalue weighted by Crippen LogP contribution is 2.11. The number of hydrogen-bond acceptors (Lipinski definition) is 9. The number of nitrogens with zero attached hydrogens (tertiary/aromatic N) is 2. The number of nitrogens with one attached hydrogen (secondary N) is 5. The number of carbonyl (C=O) groups is 4. The van der Waals surface area contributed by atoms with Crippen LogP contribution >= 0.6 is 0 Å². The molecule has 0 radical (unpaired) electrons. The highest BCUT2D eigenvalue weighted by atomic mass is 16.6. The summed E-state index contributed by atoms with van der Waals surface area (Å²) >= 11 is 0. The number of ether oxygens (including phenoxy) is 3. The number of amides is 4. The van der Waals surface area contributed by atoms with Crippen LogP contribution in [0.1, 0.15) is 99.3 Å². The summed E-state index contributed by atoms with van der Waals surface area (Å²) in [6.07, 6.45) is 6.55. The minimum atomic E-state index is -0.643. The van der Waals surface area contributed by atoms with Crippen LogP contribution in [-0.2, 0) is 19.0 Å². The quantitative estimate of drug-likeness (QED) is 0.0571. The van der Waals surface area contributed by atoms with Crippen LogP contribution in [0.4, 0.5) is 14.4 Å². The lowest BCUT2D eigenvalue weighted by molar-refractivity contribution is -0.123. The Balaban J connectivity index is 3.87. The van der Waals surface area contributed by atoms with E-state index in [1.807, 2.05) is 27.8 Å². The van der Waals surface area contributed by atoms with Crippen molar-refractivity contribution in [1.29, 1.82) is 0 Å². The molecule has 0 heterocycles. The Labute approximate surface area is 270 Å². The highest BCUT2D eigenvalue weighted by molar-refractivity contribution is 5.93. The van der Waals surface area contributed by atoms with E-state index in [-0.39, 0.29) is 18.6 Å². The standard InChI is InChI=1S/C31H61N7O7/c1-30(2,3)44-28(41)37-26(33-8)35-20-14-12-10-9-11-13-19-34-25(39)24-43-27(40)36-21-15-16-22-38(23-17-18-32-7)29(42)45-31(4,5)6/h32H,9-24H2,1-8H3,(H,34,39)(H,36,40)(H2,33,35,37,41). The van der Waals surface area contributed by atoms with Gasteiger partial charge in [0.25, 0.3) is 5.91 Å². The van der Waals surface area contributed by atoms with Gasteiger partial charge in [-0.25, -0.2) is 14.4 Å². The van der Waals surface area contributed by atoms with Crippen LogP contribution in [0.5, 0.6) is 0 Å². The van der Waals surface area contributed by atoms with Gasteiger partial charge in [-0.2, -0.15) is 0 Å². The van der Waals surface area contributed by atoms with E-state index in [0.717, 1.165) is 51.5 Å². The molecule has 0 bridgehead atoms. The SMILES string of the molecule is CN=C(NCCCCCCCCNC(=O)COC(=O)NCCCCN(CCCNC)C(=O)OC(C)(C)C)NC(=O)OC(C)(C)C. The van der Waals surface area contributed by atoms with Gasteiger partial charge in [0, 0.05) is 39.8 Å². The molecule has 0 aliphatic heterocycles. The van der Waals surface area contributed by atoms with Gasteiger partial charge in [-0.1, -0.05) is 25.7 Å². The summed E-state index contributed by atoms with van der Waals surface area (Å²) in [5.41, 5.74) is -1.13. The lowest BCUT2D eigenvalue weighted by Gasteiger charge is -2.27. The van der Waals surface area contributed by atoms with E-state index in [2.05, 4.69) is 31.6 Å². The van der Waals surface area contributed by atoms with Crippen LogP contribution < -0.4 is 26.6 Å². The second kappa shape index (κ2) is 24.0.